The van der Waals surface area contributed by atoms with E-state index < -0.39 is 0 Å². The monoisotopic (exact) mass is 1430 g/mol. The fraction of sp³-hybridized carbons (Fsp3) is 0.660. The van der Waals surface area contributed by atoms with Crippen molar-refractivity contribution in [2.45, 2.75) is 389 Å². The topological polar surface area (TPSA) is 34.1 Å². The van der Waals surface area contributed by atoms with E-state index in [0.717, 1.165) is 61.7 Å². The summed E-state index contributed by atoms with van der Waals surface area (Å²) in [7, 11) is 0. The second kappa shape index (κ2) is 47.0. The maximum absolute atomic E-state index is 16.1. The average Bonchev–Trinajstić information content (AvgIpc) is 1.54. The molecular weight excluding hydrogens is 1290 g/mol. The van der Waals surface area contributed by atoms with Crippen LogP contribution in [0.2, 0.25) is 0 Å². The molecule has 0 amide bonds. The molecule has 0 aliphatic rings. The number of unbranched alkanes of at least 4 members (excludes halogenated alkanes) is 38. The third-order valence-electron chi connectivity index (χ3n) is 22.8. The van der Waals surface area contributed by atoms with Crippen LogP contribution >= 0.6 is 45.3 Å². The summed E-state index contributed by atoms with van der Waals surface area (Å²) < 4.78 is 0. The zero-order chi connectivity index (χ0) is 70.5. The van der Waals surface area contributed by atoms with Gasteiger partial charge < -0.3 is 0 Å². The molecule has 0 saturated heterocycles. The molecule has 0 saturated carbocycles. The minimum Gasteiger partial charge on any atom is -0.289 e. The summed E-state index contributed by atoms with van der Waals surface area (Å²) in [4.78, 5) is 42.2. The lowest BCUT2D eigenvalue weighted by molar-refractivity contribution is 0.402. The Labute approximate surface area is 627 Å². The summed E-state index contributed by atoms with van der Waals surface area (Å²) >= 11 is 7.67. The molecule has 2 unspecified atom stereocenters. The summed E-state index contributed by atoms with van der Waals surface area (Å²) in [5, 5.41) is 6.50. The van der Waals surface area contributed by atoms with Gasteiger partial charge in [-0.25, -0.2) is 0 Å². The van der Waals surface area contributed by atoms with Crippen LogP contribution in [0, 0.1) is 25.7 Å². The van der Waals surface area contributed by atoms with E-state index in [-0.39, 0.29) is 10.9 Å². The van der Waals surface area contributed by atoms with E-state index in [1.165, 1.54) is 371 Å². The largest absolute Gasteiger partial charge is 0.289 e. The third kappa shape index (κ3) is 25.8. The molecule has 0 radical (unpaired) electrons. The van der Waals surface area contributed by atoms with Crippen molar-refractivity contribution < 1.29 is 0 Å². The first-order valence-electron chi connectivity index (χ1n) is 42.7. The second-order valence-electron chi connectivity index (χ2n) is 31.5. The maximum atomic E-state index is 16.1. The number of benzene rings is 2. The van der Waals surface area contributed by atoms with Crippen LogP contribution < -0.4 is 10.9 Å². The first-order valence-corrected chi connectivity index (χ1v) is 45.9. The van der Waals surface area contributed by atoms with Gasteiger partial charge in [0.2, 0.25) is 0 Å². The first-order chi connectivity index (χ1) is 49.1. The molecular formula is C94H140O2S4. The fourth-order valence-corrected chi connectivity index (χ4v) is 21.2. The van der Waals surface area contributed by atoms with Crippen molar-refractivity contribution in [3.05, 3.63) is 113 Å². The molecule has 4 aromatic carbocycles. The van der Waals surface area contributed by atoms with E-state index >= 15 is 9.59 Å². The molecule has 0 N–H and O–H groups in total. The van der Waals surface area contributed by atoms with E-state index in [4.69, 9.17) is 0 Å². The first kappa shape index (κ1) is 82.0. The molecule has 552 valence electrons. The van der Waals surface area contributed by atoms with Crippen molar-refractivity contribution >= 4 is 77.7 Å². The fourth-order valence-electron chi connectivity index (χ4n) is 16.8. The molecule has 6 heteroatoms. The predicted octanol–water partition coefficient (Wildman–Crippen LogP) is 32.5. The molecule has 100 heavy (non-hydrogen) atoms. The Balaban J connectivity index is 1.19. The number of hydrogen-bond acceptors (Lipinski definition) is 6. The molecule has 2 atom stereocenters. The van der Waals surface area contributed by atoms with Crippen LogP contribution in [0.25, 0.3) is 72.7 Å². The summed E-state index contributed by atoms with van der Waals surface area (Å²) in [6, 6.07) is 23.7. The maximum Gasteiger partial charge on any atom is 0.195 e. The van der Waals surface area contributed by atoms with Crippen LogP contribution in [0.15, 0.2) is 70.3 Å². The van der Waals surface area contributed by atoms with Crippen molar-refractivity contribution in [2.24, 2.45) is 11.8 Å². The zero-order valence-corrected chi connectivity index (χ0v) is 68.4. The van der Waals surface area contributed by atoms with Gasteiger partial charge >= 0.3 is 0 Å². The Morgan fingerprint density at radius 3 is 0.970 bits per heavy atom. The number of aryl methyl sites for hydroxylation is 4. The summed E-state index contributed by atoms with van der Waals surface area (Å²) in [5.41, 5.74) is 7.67. The lowest BCUT2D eigenvalue weighted by Gasteiger charge is -2.20. The Morgan fingerprint density at radius 2 is 0.590 bits per heavy atom. The van der Waals surface area contributed by atoms with E-state index in [2.05, 4.69) is 116 Å². The molecule has 4 heterocycles. The van der Waals surface area contributed by atoms with Gasteiger partial charge in [0.05, 0.1) is 0 Å². The smallest absolute Gasteiger partial charge is 0.195 e. The van der Waals surface area contributed by atoms with E-state index in [0.29, 0.717) is 11.8 Å². The van der Waals surface area contributed by atoms with E-state index in [1.807, 2.05) is 34.0 Å². The predicted molar refractivity (Wildman–Crippen MR) is 454 cm³/mol. The molecule has 0 fully saturated rings. The van der Waals surface area contributed by atoms with Gasteiger partial charge in [-0.2, -0.15) is 0 Å². The molecule has 8 rings (SSSR count). The van der Waals surface area contributed by atoms with Crippen LogP contribution in [-0.4, -0.2) is 0 Å². The Bertz CT molecular complexity index is 3620. The molecule has 4 aromatic heterocycles. The highest BCUT2D eigenvalue weighted by molar-refractivity contribution is 7.27. The van der Waals surface area contributed by atoms with E-state index in [1.54, 1.807) is 16.9 Å². The van der Waals surface area contributed by atoms with Gasteiger partial charge in [-0.3, -0.25) is 9.59 Å². The van der Waals surface area contributed by atoms with Crippen LogP contribution in [0.4, 0.5) is 0 Å². The lowest BCUT2D eigenvalue weighted by atomic mass is 9.84. The highest BCUT2D eigenvalue weighted by Gasteiger charge is 2.27. The van der Waals surface area contributed by atoms with Crippen LogP contribution in [0.1, 0.15) is 382 Å². The van der Waals surface area contributed by atoms with Gasteiger partial charge in [-0.15, -0.1) is 45.3 Å². The number of hydrogen-bond donors (Lipinski definition) is 0. The molecule has 2 nitrogen and oxygen atoms in total. The minimum atomic E-state index is 0.206. The molecule has 0 aliphatic carbocycles. The molecule has 0 bridgehead atoms. The van der Waals surface area contributed by atoms with Gasteiger partial charge in [0, 0.05) is 60.9 Å². The van der Waals surface area contributed by atoms with Gasteiger partial charge in [0.1, 0.15) is 0 Å². The van der Waals surface area contributed by atoms with Gasteiger partial charge in [0.15, 0.2) is 10.9 Å². The van der Waals surface area contributed by atoms with Crippen LogP contribution in [-0.2, 0) is 25.7 Å². The number of rotatable bonds is 58. The van der Waals surface area contributed by atoms with Crippen molar-refractivity contribution in [1.29, 1.82) is 0 Å². The summed E-state index contributed by atoms with van der Waals surface area (Å²) in [6.07, 6.45) is 67.5. The summed E-state index contributed by atoms with van der Waals surface area (Å²) in [5.74, 6) is 1.02. The van der Waals surface area contributed by atoms with E-state index in [9.17, 15) is 0 Å². The number of fused-ring (bicyclic) bond motifs is 5. The van der Waals surface area contributed by atoms with Gasteiger partial charge in [0.25, 0.3) is 0 Å². The quantitative estimate of drug-likeness (QED) is 0.0356. The molecule has 0 spiro atoms. The normalized spacial score (nSPS) is 12.7. The Kier molecular flexibility index (Phi) is 38.5. The number of thiophene rings is 4. The molecule has 8 aromatic rings. The van der Waals surface area contributed by atoms with Gasteiger partial charge in [-0.1, -0.05) is 337 Å². The lowest BCUT2D eigenvalue weighted by Crippen LogP contribution is -2.10. The second-order valence-corrected chi connectivity index (χ2v) is 36.2. The SMILES string of the molecule is CCCCCCCCCCCCc1cc(C)sc1-c1sc(-c2ccc(-c3cc4c(c(CC(CCCCCC)CCCCCCCCCC)cc5c6cc(-c7ccc(C)s7)c(=O)c6c(CC(CCCCCC)CCCCCCCCCC)cc45)c3=O)s2)cc1CCCCCCCCCCCC. The highest BCUT2D eigenvalue weighted by Crippen LogP contribution is 2.48. The summed E-state index contributed by atoms with van der Waals surface area (Å²) in [6.45, 7) is 18.4. The highest BCUT2D eigenvalue weighted by atomic mass is 32.1. The molecule has 0 aliphatic heterocycles. The van der Waals surface area contributed by atoms with Gasteiger partial charge in [-0.05, 0) is 169 Å². The van der Waals surface area contributed by atoms with Crippen LogP contribution in [0.5, 0.6) is 0 Å². The minimum absolute atomic E-state index is 0.206. The third-order valence-corrected chi connectivity index (χ3v) is 27.5. The van der Waals surface area contributed by atoms with Crippen molar-refractivity contribution in [3.63, 3.8) is 0 Å². The van der Waals surface area contributed by atoms with Crippen molar-refractivity contribution in [3.8, 4) is 40.4 Å². The van der Waals surface area contributed by atoms with Crippen LogP contribution in [0.3, 0.4) is 0 Å². The Hall–Kier alpha value is -3.68. The van der Waals surface area contributed by atoms with Crippen molar-refractivity contribution in [1.82, 2.24) is 0 Å². The zero-order valence-electron chi connectivity index (χ0n) is 65.1. The average molecular weight is 1430 g/mol. The standard InChI is InChI=1S/C94H140O2S4/c1-9-15-21-27-31-35-37-41-45-51-57-75-63-72(8)98-93(75)94-76(58-52-46-42-38-36-32-28-22-16-10-2)68-88(100-94)87-62-61-86(99-87)84-70-82-80-66-77(64-73(53-47-25-19-13-5)55-49-43-39-33-29-23-17-11-3)89-81(69-83(91(89)95)85-60-59-71(7)97-85)79(80)67-78(90(82)92(84)96)65-74(54-48-26-20-14-6)56-50-44-40-34-30-24-18-12-4/h59-63,66-70,73-74H,9-58,64-65H2,1-8H3. The Morgan fingerprint density at radius 1 is 0.270 bits per heavy atom. The van der Waals surface area contributed by atoms with Crippen molar-refractivity contribution in [2.75, 3.05) is 0 Å².